The summed E-state index contributed by atoms with van der Waals surface area (Å²) in [4.78, 5) is 18.6. The molecule has 1 heterocycles. The van der Waals surface area contributed by atoms with Crippen LogP contribution in [0.4, 0.5) is 0 Å². The Morgan fingerprint density at radius 2 is 2.12 bits per heavy atom. The third-order valence-corrected chi connectivity index (χ3v) is 4.30. The predicted molar refractivity (Wildman–Crippen MR) is 105 cm³/mol. The number of likely N-dealkylation sites (tertiary alicyclic amines) is 1. The Labute approximate surface area is 157 Å². The highest BCUT2D eigenvalue weighted by molar-refractivity contribution is 5.81. The minimum absolute atomic E-state index is 0.0532. The summed E-state index contributed by atoms with van der Waals surface area (Å²) in [6, 6.07) is 10.4. The first-order valence-corrected chi connectivity index (χ1v) is 9.55. The Morgan fingerprint density at radius 3 is 2.81 bits per heavy atom. The van der Waals surface area contributed by atoms with Gasteiger partial charge in [-0.15, -0.1) is 0 Å². The van der Waals surface area contributed by atoms with Crippen LogP contribution in [0.5, 0.6) is 0 Å². The fourth-order valence-corrected chi connectivity index (χ4v) is 2.94. The summed E-state index contributed by atoms with van der Waals surface area (Å²) < 4.78 is 5.68. The van der Waals surface area contributed by atoms with Crippen molar-refractivity contribution in [2.24, 2.45) is 10.9 Å². The molecule has 6 heteroatoms. The normalized spacial score (nSPS) is 17.6. The lowest BCUT2D eigenvalue weighted by atomic mass is 10.2. The highest BCUT2D eigenvalue weighted by Gasteiger charge is 2.27. The van der Waals surface area contributed by atoms with Crippen LogP contribution in [0.2, 0.25) is 0 Å². The van der Waals surface area contributed by atoms with Crippen LogP contribution in [-0.2, 0) is 16.1 Å². The van der Waals surface area contributed by atoms with Crippen molar-refractivity contribution in [3.8, 4) is 0 Å². The molecule has 2 N–H and O–H groups in total. The summed E-state index contributed by atoms with van der Waals surface area (Å²) in [7, 11) is 0. The SMILES string of the molecule is CCNC(=NCCOCc1ccccc1)NC1CCN(C(=O)C(C)C)C1. The van der Waals surface area contributed by atoms with Gasteiger partial charge in [-0.05, 0) is 18.9 Å². The molecule has 0 aliphatic carbocycles. The fourth-order valence-electron chi connectivity index (χ4n) is 2.94. The molecule has 1 amide bonds. The van der Waals surface area contributed by atoms with E-state index in [1.165, 1.54) is 5.56 Å². The molecule has 1 unspecified atom stereocenters. The molecule has 1 fully saturated rings. The second-order valence-corrected chi connectivity index (χ2v) is 6.87. The summed E-state index contributed by atoms with van der Waals surface area (Å²) >= 11 is 0. The second-order valence-electron chi connectivity index (χ2n) is 6.87. The second kappa shape index (κ2) is 10.8. The van der Waals surface area contributed by atoms with Crippen molar-refractivity contribution in [2.45, 2.75) is 39.8 Å². The number of carbonyl (C=O) groups is 1. The molecule has 1 saturated heterocycles. The number of benzene rings is 1. The maximum absolute atomic E-state index is 12.1. The van der Waals surface area contributed by atoms with Crippen LogP contribution >= 0.6 is 0 Å². The zero-order valence-corrected chi connectivity index (χ0v) is 16.2. The first kappa shape index (κ1) is 20.2. The smallest absolute Gasteiger partial charge is 0.225 e. The van der Waals surface area contributed by atoms with Crippen LogP contribution in [0, 0.1) is 5.92 Å². The summed E-state index contributed by atoms with van der Waals surface area (Å²) in [5.74, 6) is 1.07. The third-order valence-electron chi connectivity index (χ3n) is 4.30. The summed E-state index contributed by atoms with van der Waals surface area (Å²) in [5, 5.41) is 6.70. The van der Waals surface area contributed by atoms with E-state index >= 15 is 0 Å². The van der Waals surface area contributed by atoms with E-state index in [9.17, 15) is 4.79 Å². The number of nitrogens with one attached hydrogen (secondary N) is 2. The number of nitrogens with zero attached hydrogens (tertiary/aromatic N) is 2. The first-order chi connectivity index (χ1) is 12.6. The summed E-state index contributed by atoms with van der Waals surface area (Å²) in [6.45, 7) is 10.1. The van der Waals surface area contributed by atoms with Gasteiger partial charge in [-0.3, -0.25) is 9.79 Å². The highest BCUT2D eigenvalue weighted by Crippen LogP contribution is 2.12. The maximum Gasteiger partial charge on any atom is 0.225 e. The summed E-state index contributed by atoms with van der Waals surface area (Å²) in [5.41, 5.74) is 1.17. The van der Waals surface area contributed by atoms with Gasteiger partial charge < -0.3 is 20.3 Å². The molecule has 0 spiro atoms. The van der Waals surface area contributed by atoms with Crippen LogP contribution in [0.3, 0.4) is 0 Å². The van der Waals surface area contributed by atoms with E-state index in [0.717, 1.165) is 32.0 Å². The van der Waals surface area contributed by atoms with Crippen LogP contribution in [0.1, 0.15) is 32.8 Å². The van der Waals surface area contributed by atoms with Gasteiger partial charge in [0.1, 0.15) is 0 Å². The van der Waals surface area contributed by atoms with Crippen LogP contribution in [0.15, 0.2) is 35.3 Å². The molecule has 1 atom stereocenters. The predicted octanol–water partition coefficient (Wildman–Crippen LogP) is 2.02. The number of hydrogen-bond donors (Lipinski definition) is 2. The number of carbonyl (C=O) groups excluding carboxylic acids is 1. The van der Waals surface area contributed by atoms with Crippen molar-refractivity contribution in [1.82, 2.24) is 15.5 Å². The van der Waals surface area contributed by atoms with Crippen molar-refractivity contribution in [2.75, 3.05) is 32.8 Å². The third kappa shape index (κ3) is 6.67. The molecule has 0 aromatic heterocycles. The maximum atomic E-state index is 12.1. The van der Waals surface area contributed by atoms with E-state index in [0.29, 0.717) is 19.8 Å². The lowest BCUT2D eigenvalue weighted by molar-refractivity contribution is -0.133. The zero-order valence-electron chi connectivity index (χ0n) is 16.2. The first-order valence-electron chi connectivity index (χ1n) is 9.55. The topological polar surface area (TPSA) is 66.0 Å². The molecule has 1 aromatic rings. The molecule has 6 nitrogen and oxygen atoms in total. The summed E-state index contributed by atoms with van der Waals surface area (Å²) in [6.07, 6.45) is 0.952. The molecule has 144 valence electrons. The fraction of sp³-hybridized carbons (Fsp3) is 0.600. The van der Waals surface area contributed by atoms with E-state index in [2.05, 4.69) is 27.8 Å². The number of aliphatic imine (C=N–C) groups is 1. The van der Waals surface area contributed by atoms with E-state index in [-0.39, 0.29) is 17.9 Å². The molecule has 1 aromatic carbocycles. The van der Waals surface area contributed by atoms with Gasteiger partial charge >= 0.3 is 0 Å². The highest BCUT2D eigenvalue weighted by atomic mass is 16.5. The number of hydrogen-bond acceptors (Lipinski definition) is 3. The van der Waals surface area contributed by atoms with Crippen molar-refractivity contribution in [3.63, 3.8) is 0 Å². The number of guanidine groups is 1. The molecule has 0 bridgehead atoms. The molecule has 0 radical (unpaired) electrons. The molecular formula is C20H32N4O2. The molecule has 1 aliphatic rings. The van der Waals surface area contributed by atoms with Gasteiger partial charge in [-0.25, -0.2) is 0 Å². The standard InChI is InChI=1S/C20H32N4O2/c1-4-21-20(22-11-13-26-15-17-8-6-5-7-9-17)23-18-10-12-24(14-18)19(25)16(2)3/h5-9,16,18H,4,10-15H2,1-3H3,(H2,21,22,23). The van der Waals surface area contributed by atoms with Crippen molar-refractivity contribution >= 4 is 11.9 Å². The van der Waals surface area contributed by atoms with Gasteiger partial charge in [0.2, 0.25) is 5.91 Å². The molecule has 2 rings (SSSR count). The van der Waals surface area contributed by atoms with Crippen LogP contribution in [-0.4, -0.2) is 55.6 Å². The number of ether oxygens (including phenoxy) is 1. The van der Waals surface area contributed by atoms with Gasteiger partial charge in [-0.1, -0.05) is 44.2 Å². The van der Waals surface area contributed by atoms with E-state index < -0.39 is 0 Å². The van der Waals surface area contributed by atoms with Gasteiger partial charge in [-0.2, -0.15) is 0 Å². The Bertz CT molecular complexity index is 574. The zero-order chi connectivity index (χ0) is 18.8. The Balaban J connectivity index is 1.73. The minimum atomic E-state index is 0.0532. The molecule has 0 saturated carbocycles. The number of rotatable bonds is 8. The van der Waals surface area contributed by atoms with Crippen molar-refractivity contribution in [1.29, 1.82) is 0 Å². The molecule has 26 heavy (non-hydrogen) atoms. The average molecular weight is 361 g/mol. The Morgan fingerprint density at radius 1 is 1.35 bits per heavy atom. The van der Waals surface area contributed by atoms with Crippen LogP contribution in [0.25, 0.3) is 0 Å². The van der Waals surface area contributed by atoms with Crippen molar-refractivity contribution in [3.05, 3.63) is 35.9 Å². The van der Waals surface area contributed by atoms with Crippen molar-refractivity contribution < 1.29 is 9.53 Å². The van der Waals surface area contributed by atoms with Gasteiger partial charge in [0.25, 0.3) is 0 Å². The molecular weight excluding hydrogens is 328 g/mol. The lowest BCUT2D eigenvalue weighted by Gasteiger charge is -2.20. The minimum Gasteiger partial charge on any atom is -0.375 e. The van der Waals surface area contributed by atoms with Gasteiger partial charge in [0, 0.05) is 31.6 Å². The van der Waals surface area contributed by atoms with E-state index in [1.807, 2.05) is 43.9 Å². The Kier molecular flexibility index (Phi) is 8.41. The average Bonchev–Trinajstić information content (AvgIpc) is 3.10. The number of amides is 1. The quantitative estimate of drug-likeness (QED) is 0.423. The largest absolute Gasteiger partial charge is 0.375 e. The van der Waals surface area contributed by atoms with E-state index in [4.69, 9.17) is 4.74 Å². The monoisotopic (exact) mass is 360 g/mol. The van der Waals surface area contributed by atoms with Gasteiger partial charge in [0.05, 0.1) is 19.8 Å². The van der Waals surface area contributed by atoms with Gasteiger partial charge in [0.15, 0.2) is 5.96 Å². The lowest BCUT2D eigenvalue weighted by Crippen LogP contribution is -2.45. The van der Waals surface area contributed by atoms with E-state index in [1.54, 1.807) is 0 Å². The van der Waals surface area contributed by atoms with Crippen LogP contribution < -0.4 is 10.6 Å². The Hall–Kier alpha value is -2.08. The molecule has 1 aliphatic heterocycles.